The van der Waals surface area contributed by atoms with Crippen molar-refractivity contribution in [2.24, 2.45) is 0 Å². The zero-order valence-corrected chi connectivity index (χ0v) is 19.5. The molecule has 1 aliphatic heterocycles. The second-order valence-electron chi connectivity index (χ2n) is 7.66. The smallest absolute Gasteiger partial charge is 0.418 e. The van der Waals surface area contributed by atoms with Crippen molar-refractivity contribution < 1.29 is 37.0 Å². The van der Waals surface area contributed by atoms with E-state index in [1.165, 1.54) is 24.3 Å². The molecule has 1 atom stereocenters. The Morgan fingerprint density at radius 1 is 1.05 bits per heavy atom. The van der Waals surface area contributed by atoms with Crippen LogP contribution in [0.4, 0.5) is 18.9 Å². The number of esters is 1. The molecule has 1 aliphatic rings. The van der Waals surface area contributed by atoms with Crippen LogP contribution in [0.2, 0.25) is 5.02 Å². The van der Waals surface area contributed by atoms with Gasteiger partial charge in [-0.25, -0.2) is 4.79 Å². The molecule has 37 heavy (non-hydrogen) atoms. The average Bonchev–Trinajstić information content (AvgIpc) is 3.34. The van der Waals surface area contributed by atoms with Crippen molar-refractivity contribution in [2.45, 2.75) is 12.3 Å². The molecule has 0 aliphatic carbocycles. The van der Waals surface area contributed by atoms with Crippen molar-refractivity contribution in [1.82, 2.24) is 0 Å². The second kappa shape index (κ2) is 10.6. The SMILES string of the molecule is N#C/C(=C\c1ccc2c(c1)OCO2)C(=O)OC(C(=O)Nc1ccc(Cl)cc1C(F)(F)F)c1ccccc1. The Labute approximate surface area is 213 Å². The highest BCUT2D eigenvalue weighted by atomic mass is 35.5. The maximum atomic E-state index is 13.5. The molecule has 1 unspecified atom stereocenters. The van der Waals surface area contributed by atoms with Gasteiger partial charge in [0.15, 0.2) is 11.5 Å². The summed E-state index contributed by atoms with van der Waals surface area (Å²) in [6.45, 7) is 0.0349. The van der Waals surface area contributed by atoms with E-state index in [9.17, 15) is 28.0 Å². The topological polar surface area (TPSA) is 97.7 Å². The Morgan fingerprint density at radius 2 is 1.78 bits per heavy atom. The van der Waals surface area contributed by atoms with Crippen molar-refractivity contribution >= 4 is 35.2 Å². The van der Waals surface area contributed by atoms with Crippen molar-refractivity contribution in [1.29, 1.82) is 5.26 Å². The number of rotatable bonds is 6. The molecule has 4 rings (SSSR count). The van der Waals surface area contributed by atoms with Gasteiger partial charge in [0.25, 0.3) is 5.91 Å². The number of hydrogen-bond donors (Lipinski definition) is 1. The molecule has 0 spiro atoms. The first-order valence-electron chi connectivity index (χ1n) is 10.6. The van der Waals surface area contributed by atoms with E-state index in [-0.39, 0.29) is 17.4 Å². The van der Waals surface area contributed by atoms with Crippen molar-refractivity contribution in [3.8, 4) is 17.6 Å². The van der Waals surface area contributed by atoms with Gasteiger partial charge in [0.05, 0.1) is 11.3 Å². The number of alkyl halides is 3. The molecule has 0 bridgehead atoms. The van der Waals surface area contributed by atoms with Crippen LogP contribution in [0.25, 0.3) is 6.08 Å². The van der Waals surface area contributed by atoms with Crippen LogP contribution < -0.4 is 14.8 Å². The van der Waals surface area contributed by atoms with Gasteiger partial charge in [-0.1, -0.05) is 48.0 Å². The van der Waals surface area contributed by atoms with Crippen LogP contribution in [0, 0.1) is 11.3 Å². The van der Waals surface area contributed by atoms with Gasteiger partial charge in [-0.2, -0.15) is 18.4 Å². The van der Waals surface area contributed by atoms with Crippen LogP contribution in [0.15, 0.2) is 72.3 Å². The van der Waals surface area contributed by atoms with Crippen LogP contribution in [0.3, 0.4) is 0 Å². The van der Waals surface area contributed by atoms with Gasteiger partial charge in [-0.3, -0.25) is 4.79 Å². The first kappa shape index (κ1) is 25.6. The standard InChI is InChI=1S/C26H16ClF3N2O5/c27-18-7-8-20(19(12-18)26(28,29)30)32-24(33)23(16-4-2-1-3-5-16)37-25(34)17(13-31)10-15-6-9-21-22(11-15)36-14-35-21/h1-12,23H,14H2,(H,32,33)/b17-10+. The summed E-state index contributed by atoms with van der Waals surface area (Å²) in [5.41, 5.74) is -1.59. The first-order chi connectivity index (χ1) is 17.7. The molecule has 1 N–H and O–H groups in total. The molecular weight excluding hydrogens is 513 g/mol. The molecule has 3 aromatic carbocycles. The van der Waals surface area contributed by atoms with Crippen LogP contribution in [-0.2, 0) is 20.5 Å². The summed E-state index contributed by atoms with van der Waals surface area (Å²) in [7, 11) is 0. The third-order valence-electron chi connectivity index (χ3n) is 5.16. The predicted molar refractivity (Wildman–Crippen MR) is 127 cm³/mol. The number of fused-ring (bicyclic) bond motifs is 1. The van der Waals surface area contributed by atoms with Gasteiger partial charge in [-0.05, 0) is 42.0 Å². The van der Waals surface area contributed by atoms with Crippen LogP contribution in [-0.4, -0.2) is 18.7 Å². The lowest BCUT2D eigenvalue weighted by Crippen LogP contribution is -2.27. The number of amides is 1. The monoisotopic (exact) mass is 528 g/mol. The average molecular weight is 529 g/mol. The molecular formula is C26H16ClF3N2O5. The van der Waals surface area contributed by atoms with Gasteiger partial charge in [0.1, 0.15) is 11.6 Å². The fraction of sp³-hybridized carbons (Fsp3) is 0.115. The lowest BCUT2D eigenvalue weighted by molar-refractivity contribution is -0.150. The lowest BCUT2D eigenvalue weighted by atomic mass is 10.1. The summed E-state index contributed by atoms with van der Waals surface area (Å²) >= 11 is 5.70. The van der Waals surface area contributed by atoms with E-state index in [2.05, 4.69) is 5.32 Å². The molecule has 0 saturated heterocycles. The highest BCUT2D eigenvalue weighted by Gasteiger charge is 2.35. The Bertz CT molecular complexity index is 1420. The number of carbonyl (C=O) groups excluding carboxylic acids is 2. The maximum absolute atomic E-state index is 13.5. The number of carbonyl (C=O) groups is 2. The number of anilines is 1. The van der Waals surface area contributed by atoms with Gasteiger partial charge in [0, 0.05) is 10.6 Å². The molecule has 1 heterocycles. The van der Waals surface area contributed by atoms with E-state index in [0.717, 1.165) is 6.07 Å². The van der Waals surface area contributed by atoms with Crippen molar-refractivity contribution in [3.63, 3.8) is 0 Å². The zero-order valence-electron chi connectivity index (χ0n) is 18.7. The van der Waals surface area contributed by atoms with Crippen molar-refractivity contribution in [2.75, 3.05) is 12.1 Å². The van der Waals surface area contributed by atoms with Gasteiger partial charge >= 0.3 is 12.1 Å². The highest BCUT2D eigenvalue weighted by Crippen LogP contribution is 2.37. The number of nitriles is 1. The number of hydrogen-bond acceptors (Lipinski definition) is 6. The molecule has 0 radical (unpaired) electrons. The third kappa shape index (κ3) is 6.02. The molecule has 3 aromatic rings. The lowest BCUT2D eigenvalue weighted by Gasteiger charge is -2.20. The molecule has 0 saturated carbocycles. The van der Waals surface area contributed by atoms with Gasteiger partial charge in [0.2, 0.25) is 12.9 Å². The van der Waals surface area contributed by atoms with E-state index >= 15 is 0 Å². The minimum Gasteiger partial charge on any atom is -0.454 e. The highest BCUT2D eigenvalue weighted by molar-refractivity contribution is 6.30. The normalized spacial score (nSPS) is 13.4. The summed E-state index contributed by atoms with van der Waals surface area (Å²) < 4.78 is 56.3. The summed E-state index contributed by atoms with van der Waals surface area (Å²) in [5.74, 6) is -1.30. The van der Waals surface area contributed by atoms with Gasteiger partial charge in [-0.15, -0.1) is 0 Å². The van der Waals surface area contributed by atoms with Crippen molar-refractivity contribution in [3.05, 3.63) is 94.0 Å². The van der Waals surface area contributed by atoms with Crippen LogP contribution >= 0.6 is 11.6 Å². The number of ether oxygens (including phenoxy) is 3. The largest absolute Gasteiger partial charge is 0.454 e. The molecule has 0 fully saturated rings. The molecule has 7 nitrogen and oxygen atoms in total. The Hall–Kier alpha value is -4.49. The fourth-order valence-electron chi connectivity index (χ4n) is 3.44. The summed E-state index contributed by atoms with van der Waals surface area (Å²) in [4.78, 5) is 26.0. The number of benzene rings is 3. The summed E-state index contributed by atoms with van der Waals surface area (Å²) in [6, 6.07) is 17.0. The zero-order chi connectivity index (χ0) is 26.6. The fourth-order valence-corrected chi connectivity index (χ4v) is 3.61. The predicted octanol–water partition coefficient (Wildman–Crippen LogP) is 5.92. The van der Waals surface area contributed by atoms with Gasteiger partial charge < -0.3 is 19.5 Å². The Balaban J connectivity index is 1.62. The number of nitrogens with zero attached hydrogens (tertiary/aromatic N) is 1. The number of nitrogens with one attached hydrogen (secondary N) is 1. The molecule has 1 amide bonds. The maximum Gasteiger partial charge on any atom is 0.418 e. The molecule has 0 aromatic heterocycles. The first-order valence-corrected chi connectivity index (χ1v) is 11.0. The van der Waals surface area contributed by atoms with Crippen LogP contribution in [0.1, 0.15) is 22.8 Å². The Morgan fingerprint density at radius 3 is 2.49 bits per heavy atom. The van der Waals surface area contributed by atoms with E-state index < -0.39 is 41.0 Å². The quantitative estimate of drug-likeness (QED) is 0.242. The minimum absolute atomic E-state index is 0.0349. The Kier molecular flexibility index (Phi) is 7.36. The molecule has 11 heteroatoms. The van der Waals surface area contributed by atoms with Crippen LogP contribution in [0.5, 0.6) is 11.5 Å². The van der Waals surface area contributed by atoms with E-state index in [0.29, 0.717) is 23.1 Å². The molecule has 188 valence electrons. The van der Waals surface area contributed by atoms with E-state index in [1.807, 2.05) is 0 Å². The van der Waals surface area contributed by atoms with E-state index in [1.54, 1.807) is 42.5 Å². The second-order valence-corrected chi connectivity index (χ2v) is 8.09. The summed E-state index contributed by atoms with van der Waals surface area (Å²) in [6.07, 6.45) is -5.25. The minimum atomic E-state index is -4.81. The van der Waals surface area contributed by atoms with E-state index in [4.69, 9.17) is 25.8 Å². The third-order valence-corrected chi connectivity index (χ3v) is 5.39. The number of halogens is 4. The summed E-state index contributed by atoms with van der Waals surface area (Å²) in [5, 5.41) is 11.5.